The molecule has 0 radical (unpaired) electrons. The Kier molecular flexibility index (Phi) is 5.63. The van der Waals surface area contributed by atoms with Crippen molar-refractivity contribution in [2.24, 2.45) is 0 Å². The topological polar surface area (TPSA) is 56.2 Å². The Morgan fingerprint density at radius 3 is 2.81 bits per heavy atom. The van der Waals surface area contributed by atoms with Gasteiger partial charge in [0.05, 0.1) is 6.20 Å². The highest BCUT2D eigenvalue weighted by atomic mass is 35.5. The zero-order chi connectivity index (χ0) is 15.1. The highest BCUT2D eigenvalue weighted by molar-refractivity contribution is 6.30. The van der Waals surface area contributed by atoms with Crippen molar-refractivity contribution >= 4 is 17.5 Å². The monoisotopic (exact) mass is 307 g/mol. The molecule has 0 aliphatic carbocycles. The Bertz CT molecular complexity index is 581. The molecule has 1 aromatic heterocycles. The summed E-state index contributed by atoms with van der Waals surface area (Å²) in [5.74, 6) is 0.489. The molecule has 1 amide bonds. The van der Waals surface area contributed by atoms with Crippen molar-refractivity contribution in [3.05, 3.63) is 47.2 Å². The fourth-order valence-electron chi connectivity index (χ4n) is 1.79. The van der Waals surface area contributed by atoms with E-state index in [1.807, 2.05) is 24.0 Å². The summed E-state index contributed by atoms with van der Waals surface area (Å²) >= 11 is 5.77. The van der Waals surface area contributed by atoms with Crippen LogP contribution in [0.5, 0.6) is 5.75 Å². The predicted molar refractivity (Wildman–Crippen MR) is 81.5 cm³/mol. The SMILES string of the molecule is Cc1cnn(CCCNC(=O)COc2ccc(Cl)cc2)c1. The first kappa shape index (κ1) is 15.4. The molecular weight excluding hydrogens is 290 g/mol. The van der Waals surface area contributed by atoms with Crippen molar-refractivity contribution < 1.29 is 9.53 Å². The molecule has 21 heavy (non-hydrogen) atoms. The molecule has 1 heterocycles. The first-order chi connectivity index (χ1) is 10.1. The summed E-state index contributed by atoms with van der Waals surface area (Å²) in [5, 5.41) is 7.63. The molecule has 0 aliphatic rings. The molecule has 1 N–H and O–H groups in total. The van der Waals surface area contributed by atoms with E-state index in [1.165, 1.54) is 0 Å². The van der Waals surface area contributed by atoms with Crippen molar-refractivity contribution in [2.75, 3.05) is 13.2 Å². The zero-order valence-corrected chi connectivity index (χ0v) is 12.6. The first-order valence-electron chi connectivity index (χ1n) is 6.77. The quantitative estimate of drug-likeness (QED) is 0.799. The van der Waals surface area contributed by atoms with E-state index in [2.05, 4.69) is 10.4 Å². The summed E-state index contributed by atoms with van der Waals surface area (Å²) in [5.41, 5.74) is 1.13. The number of rotatable bonds is 7. The minimum Gasteiger partial charge on any atom is -0.484 e. The molecule has 0 bridgehead atoms. The summed E-state index contributed by atoms with van der Waals surface area (Å²) in [6, 6.07) is 6.91. The molecule has 5 nitrogen and oxygen atoms in total. The van der Waals surface area contributed by atoms with E-state index in [1.54, 1.807) is 24.3 Å². The van der Waals surface area contributed by atoms with E-state index in [-0.39, 0.29) is 12.5 Å². The maximum atomic E-state index is 11.6. The molecule has 0 saturated carbocycles. The molecule has 0 atom stereocenters. The van der Waals surface area contributed by atoms with E-state index in [0.29, 0.717) is 17.3 Å². The minimum atomic E-state index is -0.137. The molecule has 1 aromatic carbocycles. The molecule has 0 aliphatic heterocycles. The lowest BCUT2D eigenvalue weighted by atomic mass is 10.3. The number of ether oxygens (including phenoxy) is 1. The minimum absolute atomic E-state index is 0.00249. The van der Waals surface area contributed by atoms with Gasteiger partial charge < -0.3 is 10.1 Å². The molecule has 0 saturated heterocycles. The predicted octanol–water partition coefficient (Wildman–Crippen LogP) is 2.43. The van der Waals surface area contributed by atoms with Gasteiger partial charge in [0.15, 0.2) is 6.61 Å². The van der Waals surface area contributed by atoms with Crippen molar-refractivity contribution in [1.29, 1.82) is 0 Å². The lowest BCUT2D eigenvalue weighted by molar-refractivity contribution is -0.123. The highest BCUT2D eigenvalue weighted by Gasteiger charge is 2.02. The largest absolute Gasteiger partial charge is 0.484 e. The van der Waals surface area contributed by atoms with Gasteiger partial charge in [-0.3, -0.25) is 9.48 Å². The fourth-order valence-corrected chi connectivity index (χ4v) is 1.91. The van der Waals surface area contributed by atoms with Crippen LogP contribution in [0.2, 0.25) is 5.02 Å². The van der Waals surface area contributed by atoms with Gasteiger partial charge in [-0.1, -0.05) is 11.6 Å². The summed E-state index contributed by atoms with van der Waals surface area (Å²) in [6.07, 6.45) is 4.62. The lowest BCUT2D eigenvalue weighted by Gasteiger charge is -2.07. The van der Waals surface area contributed by atoms with Crippen molar-refractivity contribution in [3.8, 4) is 5.75 Å². The standard InChI is InChI=1S/C15H18ClN3O2/c1-12-9-18-19(10-12)8-2-7-17-15(20)11-21-14-5-3-13(16)4-6-14/h3-6,9-10H,2,7-8,11H2,1H3,(H,17,20). The molecule has 112 valence electrons. The summed E-state index contributed by atoms with van der Waals surface area (Å²) < 4.78 is 7.22. The highest BCUT2D eigenvalue weighted by Crippen LogP contribution is 2.15. The Balaban J connectivity index is 1.60. The second-order valence-corrected chi connectivity index (χ2v) is 5.16. The number of amides is 1. The van der Waals surface area contributed by atoms with E-state index in [0.717, 1.165) is 18.5 Å². The van der Waals surface area contributed by atoms with Gasteiger partial charge in [0.25, 0.3) is 5.91 Å². The number of aryl methyl sites for hydroxylation is 2. The van der Waals surface area contributed by atoms with Crippen LogP contribution in [0.4, 0.5) is 0 Å². The summed E-state index contributed by atoms with van der Waals surface area (Å²) in [7, 11) is 0. The van der Waals surface area contributed by atoms with Crippen molar-refractivity contribution in [1.82, 2.24) is 15.1 Å². The molecule has 2 rings (SSSR count). The number of hydrogen-bond acceptors (Lipinski definition) is 3. The van der Waals surface area contributed by atoms with Gasteiger partial charge in [0.1, 0.15) is 5.75 Å². The van der Waals surface area contributed by atoms with E-state index in [4.69, 9.17) is 16.3 Å². The van der Waals surface area contributed by atoms with Crippen LogP contribution in [0.1, 0.15) is 12.0 Å². The normalized spacial score (nSPS) is 10.4. The Morgan fingerprint density at radius 1 is 1.38 bits per heavy atom. The maximum absolute atomic E-state index is 11.6. The van der Waals surface area contributed by atoms with Gasteiger partial charge in [-0.15, -0.1) is 0 Å². The van der Waals surface area contributed by atoms with E-state index in [9.17, 15) is 4.79 Å². The summed E-state index contributed by atoms with van der Waals surface area (Å²) in [4.78, 5) is 11.6. The third kappa shape index (κ3) is 5.47. The van der Waals surface area contributed by atoms with Gasteiger partial charge in [-0.05, 0) is 43.2 Å². The molecule has 0 fully saturated rings. The van der Waals surface area contributed by atoms with Gasteiger partial charge in [-0.25, -0.2) is 0 Å². The zero-order valence-electron chi connectivity index (χ0n) is 11.9. The first-order valence-corrected chi connectivity index (χ1v) is 7.15. The smallest absolute Gasteiger partial charge is 0.257 e. The molecular formula is C15H18ClN3O2. The number of benzene rings is 1. The summed E-state index contributed by atoms with van der Waals surface area (Å²) in [6.45, 7) is 3.38. The number of halogens is 1. The molecule has 2 aromatic rings. The third-order valence-electron chi connectivity index (χ3n) is 2.83. The Hall–Kier alpha value is -2.01. The van der Waals surface area contributed by atoms with Gasteiger partial charge in [0.2, 0.25) is 0 Å². The second-order valence-electron chi connectivity index (χ2n) is 4.73. The third-order valence-corrected chi connectivity index (χ3v) is 3.08. The second kappa shape index (κ2) is 7.69. The van der Waals surface area contributed by atoms with Crippen LogP contribution in [0.3, 0.4) is 0 Å². The number of hydrogen-bond donors (Lipinski definition) is 1. The van der Waals surface area contributed by atoms with Gasteiger partial charge in [-0.2, -0.15) is 5.10 Å². The Morgan fingerprint density at radius 2 is 2.14 bits per heavy atom. The maximum Gasteiger partial charge on any atom is 0.257 e. The number of carbonyl (C=O) groups excluding carboxylic acids is 1. The Labute approximate surface area is 128 Å². The molecule has 6 heteroatoms. The number of carbonyl (C=O) groups is 1. The lowest BCUT2D eigenvalue weighted by Crippen LogP contribution is -2.30. The molecule has 0 unspecified atom stereocenters. The van der Waals surface area contributed by atoms with Crippen LogP contribution in [-0.2, 0) is 11.3 Å². The van der Waals surface area contributed by atoms with Gasteiger partial charge >= 0.3 is 0 Å². The number of aromatic nitrogens is 2. The van der Waals surface area contributed by atoms with Crippen molar-refractivity contribution in [3.63, 3.8) is 0 Å². The van der Waals surface area contributed by atoms with Gasteiger partial charge in [0, 0.05) is 24.3 Å². The van der Waals surface area contributed by atoms with E-state index >= 15 is 0 Å². The van der Waals surface area contributed by atoms with Crippen LogP contribution in [0.15, 0.2) is 36.7 Å². The number of nitrogens with zero attached hydrogens (tertiary/aromatic N) is 2. The van der Waals surface area contributed by atoms with Crippen LogP contribution >= 0.6 is 11.6 Å². The van der Waals surface area contributed by atoms with Crippen LogP contribution in [0, 0.1) is 6.92 Å². The van der Waals surface area contributed by atoms with Crippen LogP contribution in [-0.4, -0.2) is 28.8 Å². The number of nitrogens with one attached hydrogen (secondary N) is 1. The fraction of sp³-hybridized carbons (Fsp3) is 0.333. The average molecular weight is 308 g/mol. The van der Waals surface area contributed by atoms with Crippen LogP contribution < -0.4 is 10.1 Å². The average Bonchev–Trinajstić information content (AvgIpc) is 2.89. The molecule has 0 spiro atoms. The van der Waals surface area contributed by atoms with Crippen molar-refractivity contribution in [2.45, 2.75) is 19.9 Å². The van der Waals surface area contributed by atoms with E-state index < -0.39 is 0 Å². The van der Waals surface area contributed by atoms with Crippen LogP contribution in [0.25, 0.3) is 0 Å².